The Morgan fingerprint density at radius 3 is 2.40 bits per heavy atom. The molecule has 0 amide bonds. The quantitative estimate of drug-likeness (QED) is 0.481. The Bertz CT molecular complexity index is 492. The van der Waals surface area contributed by atoms with Gasteiger partial charge < -0.3 is 4.74 Å². The van der Waals surface area contributed by atoms with Gasteiger partial charge in [0.05, 0.1) is 0 Å². The fourth-order valence-electron chi connectivity index (χ4n) is 5.99. The number of ether oxygens (including phenoxy) is 1. The molecule has 4 atom stereocenters. The van der Waals surface area contributed by atoms with Crippen LogP contribution in [-0.4, -0.2) is 11.6 Å². The molecule has 3 rings (SSSR count). The number of fused-ring (bicyclic) bond motifs is 3. The predicted molar refractivity (Wildman–Crippen MR) is 80.2 cm³/mol. The van der Waals surface area contributed by atoms with Crippen LogP contribution in [0.15, 0.2) is 12.2 Å². The van der Waals surface area contributed by atoms with Gasteiger partial charge in [0, 0.05) is 11.0 Å². The number of rotatable bonds is 0. The SMILES string of the molecule is C=C1C(=O)O[C@@]2(C)CC[C@@H]3C(C)(C)CCC[C@@]3(C)[C@]12C. The molecule has 1 saturated heterocycles. The topological polar surface area (TPSA) is 26.3 Å². The maximum absolute atomic E-state index is 12.2. The second kappa shape index (κ2) is 3.69. The van der Waals surface area contributed by atoms with Crippen molar-refractivity contribution in [1.82, 2.24) is 0 Å². The molecule has 0 bridgehead atoms. The fraction of sp³-hybridized carbons (Fsp3) is 0.833. The van der Waals surface area contributed by atoms with Crippen molar-refractivity contribution in [1.29, 1.82) is 0 Å². The highest BCUT2D eigenvalue weighted by Crippen LogP contribution is 2.71. The zero-order valence-electron chi connectivity index (χ0n) is 13.6. The summed E-state index contributed by atoms with van der Waals surface area (Å²) in [5.74, 6) is 0.480. The molecule has 1 heterocycles. The van der Waals surface area contributed by atoms with Crippen molar-refractivity contribution < 1.29 is 9.53 Å². The lowest BCUT2D eigenvalue weighted by molar-refractivity contribution is -0.193. The van der Waals surface area contributed by atoms with Gasteiger partial charge in [0.15, 0.2) is 0 Å². The molecule has 20 heavy (non-hydrogen) atoms. The van der Waals surface area contributed by atoms with E-state index < -0.39 is 0 Å². The molecule has 0 N–H and O–H groups in total. The van der Waals surface area contributed by atoms with Crippen LogP contribution in [0.25, 0.3) is 0 Å². The summed E-state index contributed by atoms with van der Waals surface area (Å²) < 4.78 is 5.81. The molecule has 3 fully saturated rings. The van der Waals surface area contributed by atoms with E-state index in [9.17, 15) is 4.79 Å². The molecule has 2 saturated carbocycles. The zero-order valence-corrected chi connectivity index (χ0v) is 13.6. The first-order valence-electron chi connectivity index (χ1n) is 8.01. The number of carbonyl (C=O) groups excluding carboxylic acids is 1. The summed E-state index contributed by atoms with van der Waals surface area (Å²) in [5, 5.41) is 0. The van der Waals surface area contributed by atoms with Gasteiger partial charge in [-0.2, -0.15) is 0 Å². The highest BCUT2D eigenvalue weighted by Gasteiger charge is 2.71. The van der Waals surface area contributed by atoms with E-state index in [4.69, 9.17) is 4.74 Å². The molecule has 1 aliphatic heterocycles. The fourth-order valence-corrected chi connectivity index (χ4v) is 5.99. The minimum Gasteiger partial charge on any atom is -0.455 e. The van der Waals surface area contributed by atoms with E-state index in [2.05, 4.69) is 41.2 Å². The van der Waals surface area contributed by atoms with E-state index in [1.165, 1.54) is 19.3 Å². The standard InChI is InChI=1S/C18H28O2/c1-12-14(19)20-17(5)11-8-13-15(2,3)9-7-10-16(13,4)18(12,17)6/h13H,1,7-11H2,2-6H3/t13-,16-,17+,18+/m1/s1. The molecule has 2 aliphatic carbocycles. The van der Waals surface area contributed by atoms with Gasteiger partial charge in [-0.3, -0.25) is 0 Å². The second-order valence-corrected chi connectivity index (χ2v) is 8.57. The van der Waals surface area contributed by atoms with E-state index in [0.717, 1.165) is 12.8 Å². The lowest BCUT2D eigenvalue weighted by atomic mass is 9.39. The highest BCUT2D eigenvalue weighted by molar-refractivity contribution is 5.93. The smallest absolute Gasteiger partial charge is 0.334 e. The lowest BCUT2D eigenvalue weighted by Gasteiger charge is -2.64. The van der Waals surface area contributed by atoms with Gasteiger partial charge >= 0.3 is 5.97 Å². The predicted octanol–water partition coefficient (Wildman–Crippen LogP) is 4.49. The van der Waals surface area contributed by atoms with Crippen molar-refractivity contribution in [3.05, 3.63) is 12.2 Å². The Morgan fingerprint density at radius 1 is 1.10 bits per heavy atom. The molecule has 0 aromatic heterocycles. The monoisotopic (exact) mass is 276 g/mol. The van der Waals surface area contributed by atoms with E-state index in [1.54, 1.807) is 0 Å². The van der Waals surface area contributed by atoms with Crippen LogP contribution in [-0.2, 0) is 9.53 Å². The molecular weight excluding hydrogens is 248 g/mol. The van der Waals surface area contributed by atoms with Crippen molar-refractivity contribution in [2.45, 2.75) is 72.3 Å². The molecule has 0 aromatic carbocycles. The molecular formula is C18H28O2. The molecule has 0 unspecified atom stereocenters. The zero-order chi connectivity index (χ0) is 15.0. The molecule has 3 aliphatic rings. The minimum atomic E-state index is -0.361. The normalized spacial score (nSPS) is 50.4. The third-order valence-electron chi connectivity index (χ3n) is 7.51. The first kappa shape index (κ1) is 14.2. The van der Waals surface area contributed by atoms with Crippen LogP contribution in [0.4, 0.5) is 0 Å². The summed E-state index contributed by atoms with van der Waals surface area (Å²) >= 11 is 0. The number of carbonyl (C=O) groups is 1. The highest BCUT2D eigenvalue weighted by atomic mass is 16.6. The molecule has 0 aromatic rings. The van der Waals surface area contributed by atoms with Crippen LogP contribution in [0.2, 0.25) is 0 Å². The number of esters is 1. The summed E-state index contributed by atoms with van der Waals surface area (Å²) in [6, 6.07) is 0. The Balaban J connectivity index is 2.17. The van der Waals surface area contributed by atoms with Crippen LogP contribution in [0.1, 0.15) is 66.7 Å². The number of hydrogen-bond acceptors (Lipinski definition) is 2. The average molecular weight is 276 g/mol. The van der Waals surface area contributed by atoms with Gasteiger partial charge in [0.25, 0.3) is 0 Å². The molecule has 112 valence electrons. The first-order chi connectivity index (χ1) is 9.08. The van der Waals surface area contributed by atoms with Crippen molar-refractivity contribution in [2.75, 3.05) is 0 Å². The molecule has 0 spiro atoms. The summed E-state index contributed by atoms with van der Waals surface area (Å²) in [6.45, 7) is 15.7. The maximum Gasteiger partial charge on any atom is 0.334 e. The van der Waals surface area contributed by atoms with E-state index >= 15 is 0 Å². The Morgan fingerprint density at radius 2 is 1.75 bits per heavy atom. The molecule has 2 heteroatoms. The van der Waals surface area contributed by atoms with Gasteiger partial charge in [-0.05, 0) is 49.4 Å². The lowest BCUT2D eigenvalue weighted by Crippen LogP contribution is -2.62. The summed E-state index contributed by atoms with van der Waals surface area (Å²) in [4.78, 5) is 12.2. The average Bonchev–Trinajstić information content (AvgIpc) is 2.50. The Labute approximate surface area is 123 Å². The molecule has 0 radical (unpaired) electrons. The van der Waals surface area contributed by atoms with E-state index in [0.29, 0.717) is 16.9 Å². The van der Waals surface area contributed by atoms with Crippen LogP contribution in [0, 0.1) is 22.2 Å². The van der Waals surface area contributed by atoms with Crippen molar-refractivity contribution in [3.8, 4) is 0 Å². The largest absolute Gasteiger partial charge is 0.455 e. The third kappa shape index (κ3) is 1.33. The molecule has 2 nitrogen and oxygen atoms in total. The van der Waals surface area contributed by atoms with E-state index in [1.807, 2.05) is 0 Å². The van der Waals surface area contributed by atoms with Gasteiger partial charge in [-0.15, -0.1) is 0 Å². The third-order valence-corrected chi connectivity index (χ3v) is 7.51. The van der Waals surface area contributed by atoms with Crippen LogP contribution >= 0.6 is 0 Å². The minimum absolute atomic E-state index is 0.116. The number of hydrogen-bond donors (Lipinski definition) is 0. The van der Waals surface area contributed by atoms with Gasteiger partial charge in [0.1, 0.15) is 5.60 Å². The Kier molecular flexibility index (Phi) is 2.62. The first-order valence-corrected chi connectivity index (χ1v) is 8.01. The van der Waals surface area contributed by atoms with Crippen LogP contribution in [0.3, 0.4) is 0 Å². The van der Waals surface area contributed by atoms with Gasteiger partial charge in [0.2, 0.25) is 0 Å². The van der Waals surface area contributed by atoms with Crippen LogP contribution < -0.4 is 0 Å². The van der Waals surface area contributed by atoms with Crippen molar-refractivity contribution in [3.63, 3.8) is 0 Å². The van der Waals surface area contributed by atoms with Crippen LogP contribution in [0.5, 0.6) is 0 Å². The van der Waals surface area contributed by atoms with Gasteiger partial charge in [-0.1, -0.05) is 40.7 Å². The van der Waals surface area contributed by atoms with Crippen molar-refractivity contribution >= 4 is 5.97 Å². The van der Waals surface area contributed by atoms with E-state index in [-0.39, 0.29) is 22.4 Å². The van der Waals surface area contributed by atoms with Crippen molar-refractivity contribution in [2.24, 2.45) is 22.2 Å². The maximum atomic E-state index is 12.2. The summed E-state index contributed by atoms with van der Waals surface area (Å²) in [5.41, 5.74) is 0.594. The summed E-state index contributed by atoms with van der Waals surface area (Å²) in [6.07, 6.45) is 5.85. The summed E-state index contributed by atoms with van der Waals surface area (Å²) in [7, 11) is 0. The Hall–Kier alpha value is -0.790. The van der Waals surface area contributed by atoms with Gasteiger partial charge in [-0.25, -0.2) is 4.79 Å². The second-order valence-electron chi connectivity index (χ2n) is 8.57.